The van der Waals surface area contributed by atoms with Crippen molar-refractivity contribution in [3.8, 4) is 0 Å². The molecule has 3 atom stereocenters. The number of nitrogens with zero attached hydrogens (tertiary/aromatic N) is 2. The van der Waals surface area contributed by atoms with E-state index in [-0.39, 0.29) is 23.8 Å². The minimum absolute atomic E-state index is 0.00376. The van der Waals surface area contributed by atoms with Crippen molar-refractivity contribution in [2.24, 2.45) is 5.92 Å². The van der Waals surface area contributed by atoms with Crippen LogP contribution in [0, 0.1) is 5.92 Å². The third-order valence-corrected chi connectivity index (χ3v) is 6.67. The number of thiophene rings is 1. The number of carbonyl (C=O) groups excluding carboxylic acids is 2. The van der Waals surface area contributed by atoms with E-state index in [1.165, 1.54) is 22.7 Å². The Morgan fingerprint density at radius 3 is 2.65 bits per heavy atom. The number of likely N-dealkylation sites (tertiary alicyclic amines) is 1. The van der Waals surface area contributed by atoms with Crippen molar-refractivity contribution in [1.82, 2.24) is 14.5 Å². The fraction of sp³-hybridized carbons (Fsp3) is 0.571. The molecule has 23 heavy (non-hydrogen) atoms. The van der Waals surface area contributed by atoms with Crippen LogP contribution in [-0.2, 0) is 14.8 Å². The summed E-state index contributed by atoms with van der Waals surface area (Å²) in [5.41, 5.74) is 0. The molecule has 126 valence electrons. The molecule has 1 aromatic rings. The van der Waals surface area contributed by atoms with Gasteiger partial charge in [0.25, 0.3) is 5.91 Å². The second kappa shape index (κ2) is 5.88. The van der Waals surface area contributed by atoms with Gasteiger partial charge in [-0.15, -0.1) is 11.3 Å². The van der Waals surface area contributed by atoms with Gasteiger partial charge in [0.15, 0.2) is 0 Å². The molecular weight excluding hydrogens is 338 g/mol. The number of sulfonamides is 1. The highest BCUT2D eigenvalue weighted by atomic mass is 32.2. The lowest BCUT2D eigenvalue weighted by atomic mass is 10.0. The van der Waals surface area contributed by atoms with Gasteiger partial charge in [-0.25, -0.2) is 8.42 Å². The molecule has 3 rings (SSSR count). The zero-order chi connectivity index (χ0) is 16.8. The van der Waals surface area contributed by atoms with Gasteiger partial charge in [-0.2, -0.15) is 4.31 Å². The largest absolute Gasteiger partial charge is 0.358 e. The molecule has 0 aromatic carbocycles. The van der Waals surface area contributed by atoms with Gasteiger partial charge < -0.3 is 10.2 Å². The van der Waals surface area contributed by atoms with E-state index in [1.807, 2.05) is 11.4 Å². The summed E-state index contributed by atoms with van der Waals surface area (Å²) in [6.07, 6.45) is 1.57. The molecule has 0 aliphatic carbocycles. The van der Waals surface area contributed by atoms with E-state index >= 15 is 0 Å². The quantitative estimate of drug-likeness (QED) is 0.823. The van der Waals surface area contributed by atoms with Crippen LogP contribution in [0.2, 0.25) is 0 Å². The van der Waals surface area contributed by atoms with Crippen molar-refractivity contribution in [2.45, 2.75) is 18.5 Å². The van der Waals surface area contributed by atoms with Crippen molar-refractivity contribution >= 4 is 33.2 Å². The molecule has 2 amide bonds. The van der Waals surface area contributed by atoms with Crippen LogP contribution in [0.25, 0.3) is 0 Å². The van der Waals surface area contributed by atoms with Crippen LogP contribution in [0.1, 0.15) is 16.1 Å². The maximum atomic E-state index is 12.5. The first-order valence-electron chi connectivity index (χ1n) is 7.36. The Balaban J connectivity index is 1.82. The third-order valence-electron chi connectivity index (χ3n) is 4.52. The zero-order valence-corrected chi connectivity index (χ0v) is 14.6. The highest BCUT2D eigenvalue weighted by Gasteiger charge is 2.53. The SMILES string of the molecule is CNC(=O)[C@@H]1C[C@H]2CN(C(=O)c3cccs3)C[C@H]2N1S(C)(=O)=O. The standard InChI is InChI=1S/C14H19N3O4S2/c1-15-13(18)10-6-9-7-16(14(19)12-4-3-5-22-12)8-11(9)17(10)23(2,20)21/h3-5,9-11H,6-8H2,1-2H3,(H,15,18)/t9-,10-,11+/m0/s1. The molecule has 1 N–H and O–H groups in total. The van der Waals surface area contributed by atoms with E-state index in [0.29, 0.717) is 24.4 Å². The first-order chi connectivity index (χ1) is 10.8. The van der Waals surface area contributed by atoms with E-state index in [1.54, 1.807) is 11.0 Å². The maximum Gasteiger partial charge on any atom is 0.263 e. The van der Waals surface area contributed by atoms with E-state index in [9.17, 15) is 18.0 Å². The topological polar surface area (TPSA) is 86.8 Å². The van der Waals surface area contributed by atoms with Gasteiger partial charge in [-0.1, -0.05) is 6.07 Å². The summed E-state index contributed by atoms with van der Waals surface area (Å²) >= 11 is 1.37. The van der Waals surface area contributed by atoms with Gasteiger partial charge in [-0.05, 0) is 23.8 Å². The predicted molar refractivity (Wildman–Crippen MR) is 86.7 cm³/mol. The molecule has 0 unspecified atom stereocenters. The Morgan fingerprint density at radius 2 is 2.09 bits per heavy atom. The average molecular weight is 357 g/mol. The van der Waals surface area contributed by atoms with Crippen LogP contribution in [-0.4, -0.2) is 67.9 Å². The smallest absolute Gasteiger partial charge is 0.263 e. The van der Waals surface area contributed by atoms with Gasteiger partial charge >= 0.3 is 0 Å². The predicted octanol–water partition coefficient (Wildman–Crippen LogP) is -0.0314. The minimum Gasteiger partial charge on any atom is -0.358 e. The lowest BCUT2D eigenvalue weighted by molar-refractivity contribution is -0.124. The fourth-order valence-corrected chi connectivity index (χ4v) is 5.65. The highest BCUT2D eigenvalue weighted by Crippen LogP contribution is 2.38. The van der Waals surface area contributed by atoms with Crippen molar-refractivity contribution in [3.63, 3.8) is 0 Å². The van der Waals surface area contributed by atoms with E-state index in [0.717, 1.165) is 6.26 Å². The molecule has 9 heteroatoms. The monoisotopic (exact) mass is 357 g/mol. The molecule has 3 heterocycles. The third kappa shape index (κ3) is 2.88. The van der Waals surface area contributed by atoms with Gasteiger partial charge in [0.2, 0.25) is 15.9 Å². The Bertz CT molecular complexity index is 716. The number of fused-ring (bicyclic) bond motifs is 1. The lowest BCUT2D eigenvalue weighted by Gasteiger charge is -2.27. The van der Waals surface area contributed by atoms with Crippen LogP contribution in [0.4, 0.5) is 0 Å². The molecule has 2 fully saturated rings. The zero-order valence-electron chi connectivity index (χ0n) is 12.9. The Morgan fingerprint density at radius 1 is 1.35 bits per heavy atom. The molecule has 0 bridgehead atoms. The first-order valence-corrected chi connectivity index (χ1v) is 10.1. The molecule has 0 spiro atoms. The van der Waals surface area contributed by atoms with Gasteiger partial charge in [0, 0.05) is 26.2 Å². The second-order valence-corrected chi connectivity index (χ2v) is 8.81. The van der Waals surface area contributed by atoms with E-state index in [4.69, 9.17) is 0 Å². The van der Waals surface area contributed by atoms with Crippen LogP contribution in [0.3, 0.4) is 0 Å². The van der Waals surface area contributed by atoms with E-state index < -0.39 is 16.1 Å². The molecule has 7 nitrogen and oxygen atoms in total. The summed E-state index contributed by atoms with van der Waals surface area (Å²) in [6.45, 7) is 0.822. The summed E-state index contributed by atoms with van der Waals surface area (Å²) in [5, 5.41) is 4.37. The molecule has 0 radical (unpaired) electrons. The number of amides is 2. The Labute approximate surface area is 139 Å². The average Bonchev–Trinajstić information content (AvgIpc) is 3.18. The number of likely N-dealkylation sites (N-methyl/N-ethyl adjacent to an activating group) is 1. The summed E-state index contributed by atoms with van der Waals surface area (Å²) in [6, 6.07) is 2.59. The van der Waals surface area contributed by atoms with Crippen LogP contribution in [0.15, 0.2) is 17.5 Å². The number of carbonyl (C=O) groups is 2. The van der Waals surface area contributed by atoms with Gasteiger partial charge in [0.05, 0.1) is 11.1 Å². The summed E-state index contributed by atoms with van der Waals surface area (Å²) in [5.74, 6) is -0.365. The van der Waals surface area contributed by atoms with Crippen LogP contribution < -0.4 is 5.32 Å². The molecular formula is C14H19N3O4S2. The van der Waals surface area contributed by atoms with Crippen LogP contribution in [0.5, 0.6) is 0 Å². The summed E-state index contributed by atoms with van der Waals surface area (Å²) in [7, 11) is -2.02. The van der Waals surface area contributed by atoms with Crippen LogP contribution >= 0.6 is 11.3 Å². The summed E-state index contributed by atoms with van der Waals surface area (Å²) in [4.78, 5) is 26.8. The molecule has 1 aromatic heterocycles. The molecule has 2 saturated heterocycles. The van der Waals surface area contributed by atoms with Gasteiger partial charge in [0.1, 0.15) is 6.04 Å². The van der Waals surface area contributed by atoms with Crippen molar-refractivity contribution in [3.05, 3.63) is 22.4 Å². The Hall–Kier alpha value is -1.45. The fourth-order valence-electron chi connectivity index (χ4n) is 3.58. The van der Waals surface area contributed by atoms with E-state index in [2.05, 4.69) is 5.32 Å². The molecule has 2 aliphatic rings. The number of rotatable bonds is 3. The van der Waals surface area contributed by atoms with Crippen molar-refractivity contribution in [2.75, 3.05) is 26.4 Å². The highest BCUT2D eigenvalue weighted by molar-refractivity contribution is 7.88. The number of hydrogen-bond donors (Lipinski definition) is 1. The Kier molecular flexibility index (Phi) is 4.19. The normalized spacial score (nSPS) is 27.9. The first kappa shape index (κ1) is 16.4. The number of nitrogens with one attached hydrogen (secondary N) is 1. The lowest BCUT2D eigenvalue weighted by Crippen LogP contribution is -2.49. The number of hydrogen-bond acceptors (Lipinski definition) is 5. The summed E-state index contributed by atoms with van der Waals surface area (Å²) < 4.78 is 25.6. The van der Waals surface area contributed by atoms with Gasteiger partial charge in [-0.3, -0.25) is 9.59 Å². The second-order valence-electron chi connectivity index (χ2n) is 5.97. The molecule has 2 aliphatic heterocycles. The van der Waals surface area contributed by atoms with Crippen molar-refractivity contribution < 1.29 is 18.0 Å². The maximum absolute atomic E-state index is 12.5. The minimum atomic E-state index is -3.53. The van der Waals surface area contributed by atoms with Crippen molar-refractivity contribution in [1.29, 1.82) is 0 Å². The molecule has 0 saturated carbocycles.